The van der Waals surface area contributed by atoms with Crippen LogP contribution in [0.15, 0.2) is 118 Å². The van der Waals surface area contributed by atoms with Crippen LogP contribution >= 0.6 is 11.3 Å². The molecule has 9 nitrogen and oxygen atoms in total. The fraction of sp³-hybridized carbons (Fsp3) is 0.135. The third-order valence-corrected chi connectivity index (χ3v) is 8.48. The first kappa shape index (κ1) is 31.3. The summed E-state index contributed by atoms with van der Waals surface area (Å²) in [4.78, 5) is 45.7. The molecule has 1 atom stereocenters. The van der Waals surface area contributed by atoms with Crippen LogP contribution in [-0.4, -0.2) is 37.3 Å². The maximum atomic E-state index is 14.1. The highest BCUT2D eigenvalue weighted by molar-refractivity contribution is 7.07. The summed E-state index contributed by atoms with van der Waals surface area (Å²) in [6.45, 7) is 1.90. The number of rotatable bonds is 9. The van der Waals surface area contributed by atoms with E-state index in [9.17, 15) is 14.4 Å². The van der Waals surface area contributed by atoms with Crippen LogP contribution in [0.3, 0.4) is 0 Å². The van der Waals surface area contributed by atoms with E-state index in [-0.39, 0.29) is 17.7 Å². The van der Waals surface area contributed by atoms with Gasteiger partial charge in [0.1, 0.15) is 17.2 Å². The van der Waals surface area contributed by atoms with E-state index < -0.39 is 18.0 Å². The molecule has 0 spiro atoms. The van der Waals surface area contributed by atoms with Gasteiger partial charge in [-0.05, 0) is 72.7 Å². The molecular weight excluding hydrogens is 616 g/mol. The summed E-state index contributed by atoms with van der Waals surface area (Å²) in [5.74, 6) is 0.516. The van der Waals surface area contributed by atoms with Gasteiger partial charge in [0.05, 0.1) is 48.2 Å². The van der Waals surface area contributed by atoms with E-state index in [1.54, 1.807) is 87.9 Å². The summed E-state index contributed by atoms with van der Waals surface area (Å²) >= 11 is 1.22. The Morgan fingerprint density at radius 3 is 2.21 bits per heavy atom. The topological polar surface area (TPSA) is 105 Å². The first-order valence-electron chi connectivity index (χ1n) is 14.8. The largest absolute Gasteiger partial charge is 0.497 e. The SMILES string of the molecule is CCOC(=O)C1=C(c2ccccc2)N=c2s/c(=C\c3ccc(OC(=O)c4ccc(OC)cc4)cc3)c(=O)n2[C@@H]1c1cccc(OC)c1. The molecule has 0 saturated heterocycles. The second kappa shape index (κ2) is 13.7. The molecule has 1 aliphatic heterocycles. The van der Waals surface area contributed by atoms with Crippen LogP contribution in [0.5, 0.6) is 17.2 Å². The normalized spacial score (nSPS) is 14.2. The number of hydrogen-bond acceptors (Lipinski definition) is 9. The van der Waals surface area contributed by atoms with Crippen LogP contribution in [0.2, 0.25) is 0 Å². The number of benzene rings is 4. The van der Waals surface area contributed by atoms with Crippen molar-refractivity contribution in [1.29, 1.82) is 0 Å². The van der Waals surface area contributed by atoms with Crippen LogP contribution in [-0.2, 0) is 9.53 Å². The molecule has 0 aliphatic carbocycles. The smallest absolute Gasteiger partial charge is 0.343 e. The van der Waals surface area contributed by atoms with E-state index in [1.165, 1.54) is 15.9 Å². The average molecular weight is 647 g/mol. The minimum Gasteiger partial charge on any atom is -0.497 e. The number of nitrogens with zero attached hydrogens (tertiary/aromatic N) is 2. The third-order valence-electron chi connectivity index (χ3n) is 7.50. The zero-order valence-electron chi connectivity index (χ0n) is 25.8. The molecule has 47 heavy (non-hydrogen) atoms. The summed E-state index contributed by atoms with van der Waals surface area (Å²) in [6, 6.07) is 29.3. The van der Waals surface area contributed by atoms with Gasteiger partial charge >= 0.3 is 11.9 Å². The van der Waals surface area contributed by atoms with Crippen LogP contribution in [0.1, 0.15) is 40.0 Å². The maximum absolute atomic E-state index is 14.1. The van der Waals surface area contributed by atoms with Gasteiger partial charge in [-0.25, -0.2) is 14.6 Å². The fourth-order valence-electron chi connectivity index (χ4n) is 5.24. The lowest BCUT2D eigenvalue weighted by molar-refractivity contribution is -0.138. The molecule has 0 unspecified atom stereocenters. The lowest BCUT2D eigenvalue weighted by Crippen LogP contribution is -2.40. The number of carbonyl (C=O) groups is 2. The van der Waals surface area contributed by atoms with Crippen LogP contribution in [0.4, 0.5) is 0 Å². The summed E-state index contributed by atoms with van der Waals surface area (Å²) in [5.41, 5.74) is 2.88. The Labute approximate surface area is 274 Å². The molecule has 0 amide bonds. The summed E-state index contributed by atoms with van der Waals surface area (Å²) in [7, 11) is 3.12. The lowest BCUT2D eigenvalue weighted by atomic mass is 9.93. The maximum Gasteiger partial charge on any atom is 0.343 e. The second-order valence-electron chi connectivity index (χ2n) is 10.4. The predicted octanol–water partition coefficient (Wildman–Crippen LogP) is 5.17. The Morgan fingerprint density at radius 2 is 1.53 bits per heavy atom. The molecular formula is C37H30N2O7S. The van der Waals surface area contributed by atoms with Crippen molar-refractivity contribution in [2.24, 2.45) is 4.99 Å². The highest BCUT2D eigenvalue weighted by atomic mass is 32.1. The lowest BCUT2D eigenvalue weighted by Gasteiger charge is -2.26. The van der Waals surface area contributed by atoms with Gasteiger partial charge in [-0.3, -0.25) is 9.36 Å². The first-order chi connectivity index (χ1) is 22.9. The summed E-state index contributed by atoms with van der Waals surface area (Å²) < 4.78 is 23.6. The van der Waals surface area contributed by atoms with Gasteiger partial charge in [-0.2, -0.15) is 0 Å². The number of aromatic nitrogens is 1. The van der Waals surface area contributed by atoms with Gasteiger partial charge in [0, 0.05) is 5.56 Å². The quantitative estimate of drug-likeness (QED) is 0.161. The number of hydrogen-bond donors (Lipinski definition) is 0. The number of carbonyl (C=O) groups excluding carboxylic acids is 2. The Kier molecular flexibility index (Phi) is 9.12. The predicted molar refractivity (Wildman–Crippen MR) is 178 cm³/mol. The van der Waals surface area contributed by atoms with Crippen molar-refractivity contribution < 1.29 is 28.5 Å². The summed E-state index contributed by atoms with van der Waals surface area (Å²) in [5, 5.41) is 0. The standard InChI is InChI=1S/C37H30N2O7S/c1-4-45-36(42)31-32(24-9-6-5-7-10-24)38-37-39(33(31)26-11-8-12-29(22-26)44-3)34(40)30(47-37)21-23-13-17-28(18-14-23)46-35(41)25-15-19-27(43-2)20-16-25/h5-22,33H,4H2,1-3H3/b30-21-/t33-/m1/s1. The number of esters is 2. The zero-order chi connectivity index (χ0) is 32.9. The van der Waals surface area contributed by atoms with Gasteiger partial charge in [-0.1, -0.05) is 65.9 Å². The van der Waals surface area contributed by atoms with Crippen molar-refractivity contribution >= 4 is 35.0 Å². The van der Waals surface area contributed by atoms with E-state index in [0.717, 1.165) is 5.56 Å². The Balaban J connectivity index is 1.42. The van der Waals surface area contributed by atoms with E-state index in [4.69, 9.17) is 23.9 Å². The molecule has 0 fully saturated rings. The van der Waals surface area contributed by atoms with Crippen molar-refractivity contribution in [1.82, 2.24) is 4.57 Å². The van der Waals surface area contributed by atoms with Gasteiger partial charge in [-0.15, -0.1) is 0 Å². The van der Waals surface area contributed by atoms with E-state index in [1.807, 2.05) is 42.5 Å². The van der Waals surface area contributed by atoms with E-state index >= 15 is 0 Å². The molecule has 236 valence electrons. The molecule has 5 aromatic rings. The number of fused-ring (bicyclic) bond motifs is 1. The number of ether oxygens (including phenoxy) is 4. The number of thiazole rings is 1. The molecule has 1 aliphatic rings. The molecule has 0 radical (unpaired) electrons. The van der Waals surface area contributed by atoms with Crippen molar-refractivity contribution in [3.8, 4) is 17.2 Å². The molecule has 0 saturated carbocycles. The minimum absolute atomic E-state index is 0.158. The van der Waals surface area contributed by atoms with Gasteiger partial charge in [0.2, 0.25) is 0 Å². The Bertz CT molecular complexity index is 2150. The van der Waals surface area contributed by atoms with Crippen molar-refractivity contribution in [2.45, 2.75) is 13.0 Å². The fourth-order valence-corrected chi connectivity index (χ4v) is 6.24. The molecule has 10 heteroatoms. The van der Waals surface area contributed by atoms with Crippen molar-refractivity contribution in [3.05, 3.63) is 151 Å². The second-order valence-corrected chi connectivity index (χ2v) is 11.4. The summed E-state index contributed by atoms with van der Waals surface area (Å²) in [6.07, 6.45) is 1.75. The van der Waals surface area contributed by atoms with Gasteiger partial charge < -0.3 is 18.9 Å². The van der Waals surface area contributed by atoms with E-state index in [0.29, 0.717) is 49.0 Å². The monoisotopic (exact) mass is 646 g/mol. The molecule has 2 heterocycles. The number of methoxy groups -OCH3 is 2. The molecule has 1 aromatic heterocycles. The third kappa shape index (κ3) is 6.49. The van der Waals surface area contributed by atoms with Crippen LogP contribution in [0, 0.1) is 0 Å². The van der Waals surface area contributed by atoms with Crippen LogP contribution in [0.25, 0.3) is 11.8 Å². The Hall–Kier alpha value is -5.74. The van der Waals surface area contributed by atoms with Gasteiger partial charge in [0.25, 0.3) is 5.56 Å². The highest BCUT2D eigenvalue weighted by Gasteiger charge is 2.35. The molecule has 0 bridgehead atoms. The average Bonchev–Trinajstić information content (AvgIpc) is 3.42. The Morgan fingerprint density at radius 1 is 0.830 bits per heavy atom. The highest BCUT2D eigenvalue weighted by Crippen LogP contribution is 2.36. The first-order valence-corrected chi connectivity index (χ1v) is 15.6. The van der Waals surface area contributed by atoms with Gasteiger partial charge in [0.15, 0.2) is 4.80 Å². The molecule has 6 rings (SSSR count). The molecule has 4 aromatic carbocycles. The van der Waals surface area contributed by atoms with Crippen LogP contribution < -0.4 is 29.1 Å². The van der Waals surface area contributed by atoms with Crippen molar-refractivity contribution in [3.63, 3.8) is 0 Å². The van der Waals surface area contributed by atoms with E-state index in [2.05, 4.69) is 0 Å². The minimum atomic E-state index is -0.822. The molecule has 0 N–H and O–H groups in total. The van der Waals surface area contributed by atoms with Crippen molar-refractivity contribution in [2.75, 3.05) is 20.8 Å². The zero-order valence-corrected chi connectivity index (χ0v) is 26.7.